The highest BCUT2D eigenvalue weighted by atomic mass is 19.3. The van der Waals surface area contributed by atoms with Gasteiger partial charge in [-0.1, -0.05) is 6.58 Å². The molecule has 0 saturated heterocycles. The topological polar surface area (TPSA) is 85.9 Å². The number of halogens is 2. The summed E-state index contributed by atoms with van der Waals surface area (Å²) in [4.78, 5) is 19.6. The normalized spacial score (nSPS) is 9.64. The standard InChI is InChI=1S/C5H4F2O3.H2O/c1-2-5(6,7)3(8)4(9)10;/h2H,1H2,(H,9,10);1H2. The Morgan fingerprint density at radius 2 is 1.82 bits per heavy atom. The largest absolute Gasteiger partial charge is 0.475 e. The molecule has 0 aromatic heterocycles. The van der Waals surface area contributed by atoms with Crippen LogP contribution in [0.2, 0.25) is 0 Å². The summed E-state index contributed by atoms with van der Waals surface area (Å²) in [5.41, 5.74) is 0. The quantitative estimate of drug-likeness (QED) is 0.461. The smallest absolute Gasteiger partial charge is 0.379 e. The van der Waals surface area contributed by atoms with Gasteiger partial charge in [-0.25, -0.2) is 4.79 Å². The second kappa shape index (κ2) is 3.77. The first-order valence-electron chi connectivity index (χ1n) is 2.21. The minimum Gasteiger partial charge on any atom is -0.475 e. The molecule has 0 aromatic rings. The van der Waals surface area contributed by atoms with Crippen molar-refractivity contribution < 1.29 is 29.0 Å². The Balaban J connectivity index is 0. The Labute approximate surface area is 60.4 Å². The molecule has 4 nitrogen and oxygen atoms in total. The van der Waals surface area contributed by atoms with Crippen molar-refractivity contribution in [2.45, 2.75) is 5.92 Å². The fourth-order valence-electron chi connectivity index (χ4n) is 0.235. The summed E-state index contributed by atoms with van der Waals surface area (Å²) < 4.78 is 23.9. The van der Waals surface area contributed by atoms with Crippen molar-refractivity contribution in [1.82, 2.24) is 0 Å². The molecule has 0 amide bonds. The van der Waals surface area contributed by atoms with E-state index < -0.39 is 17.7 Å². The van der Waals surface area contributed by atoms with E-state index in [4.69, 9.17) is 5.11 Å². The van der Waals surface area contributed by atoms with Gasteiger partial charge < -0.3 is 10.6 Å². The molecule has 0 unspecified atom stereocenters. The fourth-order valence-corrected chi connectivity index (χ4v) is 0.235. The summed E-state index contributed by atoms with van der Waals surface area (Å²) in [6.07, 6.45) is -0.0105. The van der Waals surface area contributed by atoms with Gasteiger partial charge in [-0.3, -0.25) is 4.79 Å². The first kappa shape index (κ1) is 12.4. The summed E-state index contributed by atoms with van der Waals surface area (Å²) in [7, 11) is 0. The molecule has 0 atom stereocenters. The van der Waals surface area contributed by atoms with Crippen LogP contribution in [-0.4, -0.2) is 28.3 Å². The average molecular weight is 168 g/mol. The van der Waals surface area contributed by atoms with E-state index in [0.717, 1.165) is 0 Å². The minimum absolute atomic E-state index is 0. The zero-order valence-corrected chi connectivity index (χ0v) is 5.30. The molecule has 0 radical (unpaired) electrons. The molecule has 0 spiro atoms. The van der Waals surface area contributed by atoms with Crippen molar-refractivity contribution in [2.75, 3.05) is 0 Å². The van der Waals surface area contributed by atoms with Crippen molar-refractivity contribution in [3.8, 4) is 0 Å². The minimum atomic E-state index is -3.95. The number of carboxylic acids is 1. The van der Waals surface area contributed by atoms with E-state index in [-0.39, 0.29) is 11.6 Å². The van der Waals surface area contributed by atoms with Crippen molar-refractivity contribution in [3.05, 3.63) is 12.7 Å². The van der Waals surface area contributed by atoms with Gasteiger partial charge in [-0.15, -0.1) is 0 Å². The molecule has 0 aliphatic carbocycles. The molecule has 0 heterocycles. The predicted octanol–water partition coefficient (Wildman–Crippen LogP) is -0.363. The maximum absolute atomic E-state index is 11.9. The lowest BCUT2D eigenvalue weighted by Crippen LogP contribution is -2.32. The van der Waals surface area contributed by atoms with Gasteiger partial charge in [0, 0.05) is 0 Å². The second-order valence-corrected chi connectivity index (χ2v) is 1.46. The summed E-state index contributed by atoms with van der Waals surface area (Å²) >= 11 is 0. The third-order valence-electron chi connectivity index (χ3n) is 0.753. The summed E-state index contributed by atoms with van der Waals surface area (Å²) in [6.45, 7) is 2.60. The number of Topliss-reactive ketones (excluding diaryl/α,β-unsaturated/α-hetero) is 1. The van der Waals surface area contributed by atoms with E-state index in [0.29, 0.717) is 0 Å². The predicted molar refractivity (Wildman–Crippen MR) is 31.4 cm³/mol. The van der Waals surface area contributed by atoms with E-state index >= 15 is 0 Å². The van der Waals surface area contributed by atoms with Crippen molar-refractivity contribution >= 4 is 11.8 Å². The zero-order chi connectivity index (χ0) is 8.36. The first-order chi connectivity index (χ1) is 4.41. The number of rotatable bonds is 3. The van der Waals surface area contributed by atoms with Crippen LogP contribution in [0.15, 0.2) is 12.7 Å². The number of aliphatic carboxylic acids is 1. The molecule has 3 N–H and O–H groups in total. The molecule has 11 heavy (non-hydrogen) atoms. The highest BCUT2D eigenvalue weighted by Gasteiger charge is 2.39. The van der Waals surface area contributed by atoms with E-state index in [9.17, 15) is 18.4 Å². The first-order valence-corrected chi connectivity index (χ1v) is 2.21. The van der Waals surface area contributed by atoms with Crippen molar-refractivity contribution in [2.24, 2.45) is 0 Å². The van der Waals surface area contributed by atoms with Crippen LogP contribution < -0.4 is 0 Å². The highest BCUT2D eigenvalue weighted by molar-refractivity contribution is 6.36. The van der Waals surface area contributed by atoms with Crippen LogP contribution in [0, 0.1) is 0 Å². The number of carboxylic acid groups (broad SMARTS) is 1. The Morgan fingerprint density at radius 3 is 1.91 bits per heavy atom. The molecule has 0 saturated carbocycles. The number of carbonyl (C=O) groups excluding carboxylic acids is 1. The highest BCUT2D eigenvalue weighted by Crippen LogP contribution is 2.15. The molecule has 0 aliphatic heterocycles. The molecule has 6 heteroatoms. The second-order valence-electron chi connectivity index (χ2n) is 1.46. The number of alkyl halides is 2. The third kappa shape index (κ3) is 2.85. The SMILES string of the molecule is C=CC(F)(F)C(=O)C(=O)O.O. The lowest BCUT2D eigenvalue weighted by molar-refractivity contribution is -0.158. The summed E-state index contributed by atoms with van der Waals surface area (Å²) in [5.74, 6) is -8.28. The Morgan fingerprint density at radius 1 is 1.45 bits per heavy atom. The van der Waals surface area contributed by atoms with Crippen LogP contribution in [0.4, 0.5) is 8.78 Å². The Kier molecular flexibility index (Phi) is 4.24. The van der Waals surface area contributed by atoms with Crippen LogP contribution >= 0.6 is 0 Å². The van der Waals surface area contributed by atoms with Gasteiger partial charge in [0.15, 0.2) is 0 Å². The third-order valence-corrected chi connectivity index (χ3v) is 0.753. The molecule has 0 fully saturated rings. The van der Waals surface area contributed by atoms with Crippen molar-refractivity contribution in [3.63, 3.8) is 0 Å². The molecule has 0 aliphatic rings. The monoisotopic (exact) mass is 168 g/mol. The maximum Gasteiger partial charge on any atom is 0.379 e. The molecular formula is C5H6F2O4. The Bertz CT molecular complexity index is 187. The van der Waals surface area contributed by atoms with Gasteiger partial charge >= 0.3 is 17.7 Å². The summed E-state index contributed by atoms with van der Waals surface area (Å²) in [5, 5.41) is 7.77. The Hall–Kier alpha value is -1.30. The lowest BCUT2D eigenvalue weighted by atomic mass is 10.2. The molecule has 0 rings (SSSR count). The van der Waals surface area contributed by atoms with E-state index in [1.54, 1.807) is 0 Å². The van der Waals surface area contributed by atoms with E-state index in [1.807, 2.05) is 0 Å². The van der Waals surface area contributed by atoms with Gasteiger partial charge in [0.1, 0.15) is 0 Å². The lowest BCUT2D eigenvalue weighted by Gasteiger charge is -2.03. The van der Waals surface area contributed by atoms with Gasteiger partial charge in [0.25, 0.3) is 0 Å². The summed E-state index contributed by atoms with van der Waals surface area (Å²) in [6, 6.07) is 0. The van der Waals surface area contributed by atoms with Crippen LogP contribution in [0.5, 0.6) is 0 Å². The number of carbonyl (C=O) groups is 2. The van der Waals surface area contributed by atoms with Gasteiger partial charge in [0.2, 0.25) is 0 Å². The van der Waals surface area contributed by atoms with Gasteiger partial charge in [0.05, 0.1) is 0 Å². The average Bonchev–Trinajstić information content (AvgIpc) is 1.86. The number of allylic oxidation sites excluding steroid dienone is 1. The van der Waals surface area contributed by atoms with Crippen LogP contribution in [0.25, 0.3) is 0 Å². The fraction of sp³-hybridized carbons (Fsp3) is 0.200. The number of ketones is 1. The van der Waals surface area contributed by atoms with Crippen LogP contribution in [0.3, 0.4) is 0 Å². The number of hydrogen-bond donors (Lipinski definition) is 1. The van der Waals surface area contributed by atoms with Gasteiger partial charge in [-0.05, 0) is 6.08 Å². The van der Waals surface area contributed by atoms with Crippen molar-refractivity contribution in [1.29, 1.82) is 0 Å². The van der Waals surface area contributed by atoms with Gasteiger partial charge in [-0.2, -0.15) is 8.78 Å². The number of hydrogen-bond acceptors (Lipinski definition) is 2. The van der Waals surface area contributed by atoms with E-state index in [2.05, 4.69) is 6.58 Å². The van der Waals surface area contributed by atoms with Crippen LogP contribution in [-0.2, 0) is 9.59 Å². The zero-order valence-electron chi connectivity index (χ0n) is 5.30. The molecule has 0 aromatic carbocycles. The maximum atomic E-state index is 11.9. The molecule has 64 valence electrons. The molecule has 0 bridgehead atoms. The van der Waals surface area contributed by atoms with E-state index in [1.165, 1.54) is 0 Å². The van der Waals surface area contributed by atoms with Crippen LogP contribution in [0.1, 0.15) is 0 Å². The molecular weight excluding hydrogens is 162 g/mol.